The van der Waals surface area contributed by atoms with Gasteiger partial charge in [0, 0.05) is 18.8 Å². The van der Waals surface area contributed by atoms with Crippen LogP contribution in [0.5, 0.6) is 0 Å². The fraction of sp³-hybridized carbons (Fsp3) is 0.286. The predicted molar refractivity (Wildman–Crippen MR) is 84.4 cm³/mol. The molecule has 2 aromatic carbocycles. The zero-order chi connectivity index (χ0) is 15.0. The highest BCUT2D eigenvalue weighted by Gasteiger charge is 2.38. The van der Waals surface area contributed by atoms with Crippen LogP contribution in [0.3, 0.4) is 0 Å². The smallest absolute Gasteiger partial charge is 0.249 e. The van der Waals surface area contributed by atoms with Crippen molar-refractivity contribution in [3.8, 4) is 0 Å². The van der Waals surface area contributed by atoms with Crippen molar-refractivity contribution in [2.45, 2.75) is 5.25 Å². The topological polar surface area (TPSA) is 98.7 Å². The predicted octanol–water partition coefficient (Wildman–Crippen LogP) is 1.42. The molecule has 1 saturated heterocycles. The van der Waals surface area contributed by atoms with Gasteiger partial charge in [-0.25, -0.2) is 0 Å². The van der Waals surface area contributed by atoms with Crippen molar-refractivity contribution in [3.05, 3.63) is 56.3 Å². The zero-order valence-electron chi connectivity index (χ0n) is 11.2. The molecule has 6 nitrogen and oxygen atoms in total. The van der Waals surface area contributed by atoms with E-state index in [1.54, 1.807) is 12.1 Å². The summed E-state index contributed by atoms with van der Waals surface area (Å²) in [6.07, 6.45) is 0. The maximum Gasteiger partial charge on any atom is 0.249 e. The van der Waals surface area contributed by atoms with E-state index in [1.807, 2.05) is 18.2 Å². The molecule has 7 heteroatoms. The number of anilines is 2. The Kier molecular flexibility index (Phi) is 3.58. The third kappa shape index (κ3) is 2.49. The fourth-order valence-electron chi connectivity index (χ4n) is 2.53. The second-order valence-corrected chi connectivity index (χ2v) is 7.46. The molecule has 1 atom stereocenters. The van der Waals surface area contributed by atoms with Gasteiger partial charge in [-0.15, -0.1) is 0 Å². The van der Waals surface area contributed by atoms with E-state index >= 15 is 0 Å². The molecule has 21 heavy (non-hydrogen) atoms. The molecule has 1 heterocycles. The van der Waals surface area contributed by atoms with Crippen LogP contribution >= 0.6 is 10.6 Å². The van der Waals surface area contributed by atoms with E-state index in [-0.39, 0.29) is 23.5 Å². The number of benzene rings is 1. The molecule has 1 aliphatic heterocycles. The summed E-state index contributed by atoms with van der Waals surface area (Å²) in [6.45, 7) is 0.784. The molecular weight excluding hydrogens is 292 g/mol. The Labute approximate surface area is 122 Å². The second kappa shape index (κ2) is 5.27. The van der Waals surface area contributed by atoms with Crippen LogP contribution in [-0.4, -0.2) is 27.9 Å². The average molecular weight is 308 g/mol. The summed E-state index contributed by atoms with van der Waals surface area (Å²) in [5, 5.41) is 5.23. The van der Waals surface area contributed by atoms with Crippen molar-refractivity contribution in [1.29, 1.82) is 0 Å². The van der Waals surface area contributed by atoms with Crippen molar-refractivity contribution in [3.63, 3.8) is 0 Å². The first-order chi connectivity index (χ1) is 10.0. The van der Waals surface area contributed by atoms with Crippen LogP contribution in [-0.2, 0) is 0 Å². The molecule has 0 aromatic heterocycles. The van der Waals surface area contributed by atoms with Crippen molar-refractivity contribution in [1.82, 2.24) is 5.32 Å². The molecule has 1 fully saturated rings. The van der Waals surface area contributed by atoms with Gasteiger partial charge in [-0.3, -0.25) is 18.7 Å². The third-order valence-corrected chi connectivity index (χ3v) is 5.80. The van der Waals surface area contributed by atoms with E-state index in [0.717, 1.165) is 0 Å². The van der Waals surface area contributed by atoms with Crippen LogP contribution in [0.2, 0.25) is 0 Å². The molecule has 0 bridgehead atoms. The first-order valence-corrected chi connectivity index (χ1v) is 8.39. The van der Waals surface area contributed by atoms with E-state index in [9.17, 15) is 18.7 Å². The number of hydrogen-bond donors (Lipinski definition) is 4. The average Bonchev–Trinajstić information content (AvgIpc) is 2.48. The van der Waals surface area contributed by atoms with Gasteiger partial charge in [0.1, 0.15) is 5.69 Å². The lowest BCUT2D eigenvalue weighted by Crippen LogP contribution is -2.45. The Hall–Kier alpha value is -1.67. The van der Waals surface area contributed by atoms with Crippen LogP contribution in [0, 0.1) is 0 Å². The summed E-state index contributed by atoms with van der Waals surface area (Å²) in [6, 6.07) is 9.01. The summed E-state index contributed by atoms with van der Waals surface area (Å²) in [4.78, 5) is 23.7. The Morgan fingerprint density at radius 3 is 2.52 bits per heavy atom. The van der Waals surface area contributed by atoms with Crippen LogP contribution < -0.4 is 21.5 Å². The summed E-state index contributed by atoms with van der Waals surface area (Å²) in [7, 11) is -2.90. The highest BCUT2D eigenvalue weighted by Crippen LogP contribution is 2.55. The van der Waals surface area contributed by atoms with Crippen molar-refractivity contribution in [2.75, 3.05) is 24.2 Å². The van der Waals surface area contributed by atoms with Gasteiger partial charge in [0.15, 0.2) is 0 Å². The van der Waals surface area contributed by atoms with E-state index in [1.165, 1.54) is 0 Å². The van der Waals surface area contributed by atoms with Crippen LogP contribution in [0.15, 0.2) is 39.9 Å². The van der Waals surface area contributed by atoms with Gasteiger partial charge in [-0.05, 0) is 12.1 Å². The number of hydrogen-bond acceptors (Lipinski definition) is 6. The maximum absolute atomic E-state index is 11.9. The lowest BCUT2D eigenvalue weighted by Gasteiger charge is -2.44. The number of nitrogens with one attached hydrogen (secondary N) is 2. The normalized spacial score (nSPS) is 22.9. The summed E-state index contributed by atoms with van der Waals surface area (Å²) >= 11 is 0. The number of para-hydroxylation sites is 1. The van der Waals surface area contributed by atoms with E-state index in [0.29, 0.717) is 12.2 Å². The van der Waals surface area contributed by atoms with E-state index in [4.69, 9.17) is 0 Å². The van der Waals surface area contributed by atoms with Crippen LogP contribution in [0.1, 0.15) is 10.8 Å². The summed E-state index contributed by atoms with van der Waals surface area (Å²) in [5.41, 5.74) is -0.154. The lowest BCUT2D eigenvalue weighted by molar-refractivity contribution is 0.449. The molecule has 2 aromatic rings. The van der Waals surface area contributed by atoms with Gasteiger partial charge in [-0.2, -0.15) is 10.6 Å². The molecule has 112 valence electrons. The molecule has 3 rings (SSSR count). The molecule has 0 amide bonds. The van der Waals surface area contributed by atoms with Crippen LogP contribution in [0.25, 0.3) is 0 Å². The number of rotatable bonds is 3. The van der Waals surface area contributed by atoms with E-state index < -0.39 is 26.7 Å². The molecular formula is C14H16N2O4S. The highest BCUT2D eigenvalue weighted by atomic mass is 32.3. The Morgan fingerprint density at radius 1 is 1.14 bits per heavy atom. The lowest BCUT2D eigenvalue weighted by atomic mass is 10.0. The standard InChI is InChI=1S/C14H16N2O4S/c17-13-11(10-8-15-6-7-21(10,19)20)12(14(13)18)16-9-4-2-1-3-5-9/h1-5,10,15-16,19-20H,6-8H2. The van der Waals surface area contributed by atoms with Gasteiger partial charge in [-0.1, -0.05) is 18.2 Å². The van der Waals surface area contributed by atoms with Crippen molar-refractivity contribution >= 4 is 22.0 Å². The molecule has 1 aliphatic rings. The maximum atomic E-state index is 11.9. The summed E-state index contributed by atoms with van der Waals surface area (Å²) in [5.74, 6) is 0.196. The van der Waals surface area contributed by atoms with Gasteiger partial charge in [0.05, 0.1) is 16.6 Å². The third-order valence-electron chi connectivity index (χ3n) is 3.68. The molecule has 0 saturated carbocycles. The van der Waals surface area contributed by atoms with Gasteiger partial charge in [0.2, 0.25) is 10.9 Å². The van der Waals surface area contributed by atoms with E-state index in [2.05, 4.69) is 10.6 Å². The summed E-state index contributed by atoms with van der Waals surface area (Å²) < 4.78 is 20.3. The Morgan fingerprint density at radius 2 is 1.86 bits per heavy atom. The Bertz CT molecular complexity index is 722. The second-order valence-electron chi connectivity index (χ2n) is 5.05. The first kappa shape index (κ1) is 14.3. The molecule has 0 aliphatic carbocycles. The molecule has 1 unspecified atom stereocenters. The zero-order valence-corrected chi connectivity index (χ0v) is 12.0. The minimum absolute atomic E-state index is 0.180. The van der Waals surface area contributed by atoms with Gasteiger partial charge in [0.25, 0.3) is 0 Å². The van der Waals surface area contributed by atoms with Crippen LogP contribution in [0.4, 0.5) is 11.4 Å². The Balaban J connectivity index is 1.95. The van der Waals surface area contributed by atoms with Gasteiger partial charge < -0.3 is 10.6 Å². The molecule has 4 N–H and O–H groups in total. The molecule has 0 radical (unpaired) electrons. The molecule has 0 spiro atoms. The SMILES string of the molecule is O=c1c(Nc2ccccc2)c(C2CNCCS2(O)O)c1=O. The quantitative estimate of drug-likeness (QED) is 0.640. The van der Waals surface area contributed by atoms with Gasteiger partial charge >= 0.3 is 0 Å². The minimum Gasteiger partial charge on any atom is -0.352 e. The largest absolute Gasteiger partial charge is 0.352 e. The highest BCUT2D eigenvalue weighted by molar-refractivity contribution is 8.24. The first-order valence-electron chi connectivity index (χ1n) is 6.61. The van der Waals surface area contributed by atoms with Crippen molar-refractivity contribution < 1.29 is 9.11 Å². The fourth-order valence-corrected chi connectivity index (χ4v) is 4.24. The van der Waals surface area contributed by atoms with Crippen molar-refractivity contribution in [2.24, 2.45) is 0 Å². The minimum atomic E-state index is -2.90. The monoisotopic (exact) mass is 308 g/mol.